The van der Waals surface area contributed by atoms with E-state index in [0.717, 1.165) is 37.0 Å². The molecule has 5 heteroatoms. The minimum absolute atomic E-state index is 0.0709. The highest BCUT2D eigenvalue weighted by Gasteiger charge is 2.51. The van der Waals surface area contributed by atoms with Gasteiger partial charge < -0.3 is 18.6 Å². The number of rotatable bonds is 2. The Morgan fingerprint density at radius 1 is 0.568 bits per heavy atom. The molecule has 4 aliphatic rings. The molecule has 2 aliphatic carbocycles. The molecule has 2 aliphatic heterocycles. The molecule has 0 fully saturated rings. The van der Waals surface area contributed by atoms with Gasteiger partial charge in [0.25, 0.3) is 0 Å². The van der Waals surface area contributed by atoms with Gasteiger partial charge in [0, 0.05) is 46.7 Å². The first-order chi connectivity index (χ1) is 21.7. The molecular weight excluding hydrogens is 539 g/mol. The lowest BCUT2D eigenvalue weighted by molar-refractivity contribution is 0.491. The molecule has 6 aromatic rings. The Morgan fingerprint density at radius 2 is 1.14 bits per heavy atom. The van der Waals surface area contributed by atoms with E-state index in [1.807, 2.05) is 0 Å². The normalized spacial score (nSPS) is 16.3. The topological polar surface area (TPSA) is 32.8 Å². The highest BCUT2D eigenvalue weighted by molar-refractivity contribution is 6.99. The minimum Gasteiger partial charge on any atom is -0.473 e. The lowest BCUT2D eigenvalue weighted by Gasteiger charge is -2.41. The zero-order valence-electron chi connectivity index (χ0n) is 25.0. The summed E-state index contributed by atoms with van der Waals surface area (Å²) >= 11 is 0. The van der Waals surface area contributed by atoms with Crippen LogP contribution in [-0.2, 0) is 25.7 Å². The van der Waals surface area contributed by atoms with Crippen LogP contribution in [0.1, 0.15) is 53.9 Å². The Labute approximate surface area is 258 Å². The summed E-state index contributed by atoms with van der Waals surface area (Å²) in [5.74, 6) is 2.34. The van der Waals surface area contributed by atoms with Crippen molar-refractivity contribution >= 4 is 68.4 Å². The third-order valence-corrected chi connectivity index (χ3v) is 10.4. The summed E-state index contributed by atoms with van der Waals surface area (Å²) in [6.45, 7) is 2.17. The van der Waals surface area contributed by atoms with Crippen molar-refractivity contribution in [2.45, 2.75) is 58.3 Å². The average molecular weight is 573 g/mol. The van der Waals surface area contributed by atoms with Gasteiger partial charge in [0.05, 0.1) is 11.4 Å². The quantitative estimate of drug-likeness (QED) is 0.196. The van der Waals surface area contributed by atoms with E-state index >= 15 is 0 Å². The summed E-state index contributed by atoms with van der Waals surface area (Å²) in [5, 5.41) is 2.51. The number of fused-ring (bicyclic) bond motifs is 9. The number of benzene rings is 4. The first-order valence-corrected chi connectivity index (χ1v) is 16.3. The largest absolute Gasteiger partial charge is 0.473 e. The Bertz CT molecular complexity index is 2120. The molecule has 0 unspecified atom stereocenters. The number of furan rings is 2. The molecule has 44 heavy (non-hydrogen) atoms. The standard InChI is InChI=1S/C39H33BN2O2/c1-24-21-31-35-32(22-24)42(28-20-19-25-11-5-6-12-26(25)23-28)37-30-16-8-10-18-34(30)44-39(37)40(35)38-36(29-15-7-9-17-33(29)43-38)41(31)27-13-3-2-4-14-27/h2-6,11-14,19-23H,7-10,15-18H2,1H3. The average Bonchev–Trinajstić information content (AvgIpc) is 3.64. The van der Waals surface area contributed by atoms with Crippen LogP contribution < -0.4 is 26.6 Å². The van der Waals surface area contributed by atoms with Crippen LogP contribution in [-0.4, -0.2) is 6.71 Å². The van der Waals surface area contributed by atoms with E-state index in [1.165, 1.54) is 104 Å². The third-order valence-electron chi connectivity index (χ3n) is 10.4. The van der Waals surface area contributed by atoms with Gasteiger partial charge >= 0.3 is 6.71 Å². The third kappa shape index (κ3) is 3.35. The van der Waals surface area contributed by atoms with Crippen LogP contribution in [0.5, 0.6) is 0 Å². The molecule has 214 valence electrons. The smallest absolute Gasteiger partial charge is 0.342 e. The number of aryl methyl sites for hydroxylation is 3. The van der Waals surface area contributed by atoms with E-state index in [-0.39, 0.29) is 6.71 Å². The molecule has 0 saturated heterocycles. The van der Waals surface area contributed by atoms with Gasteiger partial charge in [0.15, 0.2) is 0 Å². The van der Waals surface area contributed by atoms with Crippen LogP contribution in [0.3, 0.4) is 0 Å². The number of para-hydroxylation sites is 1. The minimum atomic E-state index is -0.0709. The van der Waals surface area contributed by atoms with Gasteiger partial charge in [0.1, 0.15) is 22.8 Å². The zero-order chi connectivity index (χ0) is 28.9. The summed E-state index contributed by atoms with van der Waals surface area (Å²) < 4.78 is 14.1. The molecule has 2 aromatic heterocycles. The Hall–Kier alpha value is -4.64. The lowest BCUT2D eigenvalue weighted by atomic mass is 9.37. The second-order valence-corrected chi connectivity index (χ2v) is 13.0. The first-order valence-electron chi connectivity index (χ1n) is 16.3. The van der Waals surface area contributed by atoms with Gasteiger partial charge in [-0.1, -0.05) is 48.5 Å². The summed E-state index contributed by atoms with van der Waals surface area (Å²) in [6.07, 6.45) is 8.88. The summed E-state index contributed by atoms with van der Waals surface area (Å²) in [6, 6.07) is 31.2. The van der Waals surface area contributed by atoms with Gasteiger partial charge in [-0.3, -0.25) is 0 Å². The molecule has 0 amide bonds. The molecule has 0 saturated carbocycles. The molecule has 4 heterocycles. The Balaban J connectivity index is 1.32. The molecule has 0 bridgehead atoms. The summed E-state index contributed by atoms with van der Waals surface area (Å²) in [7, 11) is 0. The number of anilines is 6. The van der Waals surface area contributed by atoms with Gasteiger partial charge in [-0.25, -0.2) is 0 Å². The molecule has 10 rings (SSSR count). The maximum absolute atomic E-state index is 7.06. The van der Waals surface area contributed by atoms with Crippen LogP contribution >= 0.6 is 0 Å². The maximum Gasteiger partial charge on any atom is 0.342 e. The molecule has 0 atom stereocenters. The zero-order valence-corrected chi connectivity index (χ0v) is 25.0. The SMILES string of the molecule is Cc1cc2c3c(c1)N(c1ccc4ccccc4c1)c1c(oc4c1CCCC4)B3c1oc3c(c1N2c1ccccc1)CCCC3. The molecule has 0 N–H and O–H groups in total. The molecule has 4 nitrogen and oxygen atoms in total. The summed E-state index contributed by atoms with van der Waals surface area (Å²) in [4.78, 5) is 5.02. The van der Waals surface area contributed by atoms with Crippen LogP contribution in [0.25, 0.3) is 10.8 Å². The van der Waals surface area contributed by atoms with Crippen molar-refractivity contribution < 1.29 is 8.83 Å². The second-order valence-electron chi connectivity index (χ2n) is 13.0. The van der Waals surface area contributed by atoms with Crippen molar-refractivity contribution in [1.29, 1.82) is 0 Å². The van der Waals surface area contributed by atoms with Crippen molar-refractivity contribution in [1.82, 2.24) is 0 Å². The first kappa shape index (κ1) is 24.8. The van der Waals surface area contributed by atoms with E-state index in [1.54, 1.807) is 0 Å². The van der Waals surface area contributed by atoms with E-state index in [4.69, 9.17) is 8.83 Å². The predicted octanol–water partition coefficient (Wildman–Crippen LogP) is 8.17. The molecular formula is C39H33BN2O2. The van der Waals surface area contributed by atoms with E-state index in [9.17, 15) is 0 Å². The Morgan fingerprint density at radius 3 is 1.80 bits per heavy atom. The molecule has 4 aromatic carbocycles. The van der Waals surface area contributed by atoms with E-state index in [2.05, 4.69) is 102 Å². The monoisotopic (exact) mass is 572 g/mol. The van der Waals surface area contributed by atoms with Crippen molar-refractivity contribution in [3.05, 3.63) is 113 Å². The predicted molar refractivity (Wildman–Crippen MR) is 181 cm³/mol. The van der Waals surface area contributed by atoms with E-state index in [0.29, 0.717) is 0 Å². The van der Waals surface area contributed by atoms with Crippen LogP contribution in [0.4, 0.5) is 34.1 Å². The van der Waals surface area contributed by atoms with Crippen molar-refractivity contribution in [3.63, 3.8) is 0 Å². The fraction of sp³-hybridized carbons (Fsp3) is 0.231. The highest BCUT2D eigenvalue weighted by Crippen LogP contribution is 2.49. The summed E-state index contributed by atoms with van der Waals surface area (Å²) in [5.41, 5.74) is 14.8. The van der Waals surface area contributed by atoms with Gasteiger partial charge in [-0.05, 0) is 104 Å². The molecule has 0 radical (unpaired) electrons. The van der Waals surface area contributed by atoms with Gasteiger partial charge in [-0.15, -0.1) is 0 Å². The van der Waals surface area contributed by atoms with Crippen LogP contribution in [0, 0.1) is 6.92 Å². The van der Waals surface area contributed by atoms with Gasteiger partial charge in [0.2, 0.25) is 0 Å². The fourth-order valence-corrected chi connectivity index (χ4v) is 8.50. The molecule has 0 spiro atoms. The lowest BCUT2D eigenvalue weighted by Crippen LogP contribution is -2.60. The van der Waals surface area contributed by atoms with Gasteiger partial charge in [-0.2, -0.15) is 0 Å². The number of nitrogens with zero attached hydrogens (tertiary/aromatic N) is 2. The maximum atomic E-state index is 7.06. The van der Waals surface area contributed by atoms with Crippen molar-refractivity contribution in [2.75, 3.05) is 9.80 Å². The fourth-order valence-electron chi connectivity index (χ4n) is 8.50. The van der Waals surface area contributed by atoms with Crippen molar-refractivity contribution in [2.24, 2.45) is 0 Å². The van der Waals surface area contributed by atoms with Crippen LogP contribution in [0.2, 0.25) is 0 Å². The number of hydrogen-bond acceptors (Lipinski definition) is 4. The van der Waals surface area contributed by atoms with Crippen molar-refractivity contribution in [3.8, 4) is 0 Å². The number of hydrogen-bond donors (Lipinski definition) is 0. The highest BCUT2D eigenvalue weighted by atomic mass is 16.4. The van der Waals surface area contributed by atoms with Crippen LogP contribution in [0.15, 0.2) is 93.8 Å². The van der Waals surface area contributed by atoms with E-state index < -0.39 is 0 Å². The Kier molecular flexibility index (Phi) is 5.17. The second kappa shape index (κ2) is 9.18.